The first kappa shape index (κ1) is 12.0. The molecule has 0 atom stereocenters. The third-order valence-corrected chi connectivity index (χ3v) is 3.29. The maximum atomic E-state index is 13.5. The van der Waals surface area contributed by atoms with Crippen LogP contribution in [0.25, 0.3) is 10.9 Å². The van der Waals surface area contributed by atoms with Gasteiger partial charge in [-0.05, 0) is 18.1 Å². The highest BCUT2D eigenvalue weighted by atomic mass is 32.2. The van der Waals surface area contributed by atoms with Crippen LogP contribution in [0.5, 0.6) is 0 Å². The van der Waals surface area contributed by atoms with Crippen molar-refractivity contribution in [1.29, 1.82) is 0 Å². The van der Waals surface area contributed by atoms with E-state index in [9.17, 15) is 17.2 Å². The molecule has 3 nitrogen and oxygen atoms in total. The molecule has 0 amide bonds. The highest BCUT2D eigenvalue weighted by Crippen LogP contribution is 2.23. The van der Waals surface area contributed by atoms with Gasteiger partial charge in [-0.1, -0.05) is 0 Å². The van der Waals surface area contributed by atoms with Crippen LogP contribution >= 0.6 is 0 Å². The first-order valence-electron chi connectivity index (χ1n) is 4.87. The monoisotopic (exact) mass is 258 g/mol. The third-order valence-electron chi connectivity index (χ3n) is 2.46. The summed E-state index contributed by atoms with van der Waals surface area (Å²) in [5, 5.41) is 0.232. The first-order valence-corrected chi connectivity index (χ1v) is 6.70. The topological polar surface area (TPSA) is 49.9 Å². The number of benzene rings is 1. The number of H-pyrrole nitrogens is 1. The molecule has 2 rings (SSSR count). The number of fused-ring (bicyclic) bond motifs is 1. The van der Waals surface area contributed by atoms with Crippen molar-refractivity contribution in [2.45, 2.75) is 6.42 Å². The van der Waals surface area contributed by atoms with E-state index >= 15 is 0 Å². The number of hydrogen-bond acceptors (Lipinski definition) is 2. The summed E-state index contributed by atoms with van der Waals surface area (Å²) in [7, 11) is -3.35. The van der Waals surface area contributed by atoms with Crippen molar-refractivity contribution in [2.24, 2.45) is 0 Å². The van der Waals surface area contributed by atoms with Crippen molar-refractivity contribution in [2.75, 3.05) is 5.75 Å². The second kappa shape index (κ2) is 4.10. The van der Waals surface area contributed by atoms with E-state index in [2.05, 4.69) is 11.2 Å². The van der Waals surface area contributed by atoms with Gasteiger partial charge in [-0.2, -0.15) is 0 Å². The van der Waals surface area contributed by atoms with Crippen LogP contribution in [0.15, 0.2) is 18.3 Å². The van der Waals surface area contributed by atoms with Crippen LogP contribution in [-0.2, 0) is 16.3 Å². The summed E-state index contributed by atoms with van der Waals surface area (Å²) in [6.07, 6.45) is 4.63. The Labute approximate surface area is 97.4 Å². The summed E-state index contributed by atoms with van der Waals surface area (Å²) >= 11 is 0. The van der Waals surface area contributed by atoms with Crippen LogP contribution in [0.2, 0.25) is 0 Å². The van der Waals surface area contributed by atoms with Gasteiger partial charge in [0.1, 0.15) is 11.6 Å². The molecule has 0 saturated carbocycles. The molecule has 0 saturated heterocycles. The number of hydrogen-bond donors (Lipinski definition) is 1. The minimum Gasteiger partial charge on any atom is -0.361 e. The maximum Gasteiger partial charge on any atom is 0.151 e. The number of aromatic amines is 1. The average molecular weight is 258 g/mol. The van der Waals surface area contributed by atoms with E-state index in [1.165, 1.54) is 12.3 Å². The molecule has 0 unspecified atom stereocenters. The van der Waals surface area contributed by atoms with E-state index in [1.54, 1.807) is 0 Å². The minimum absolute atomic E-state index is 0.147. The highest BCUT2D eigenvalue weighted by molar-refractivity contribution is 7.92. The Bertz CT molecular complexity index is 661. The predicted octanol–water partition coefficient (Wildman–Crippen LogP) is 2.19. The molecule has 91 valence electrons. The van der Waals surface area contributed by atoms with Gasteiger partial charge in [0.25, 0.3) is 0 Å². The van der Waals surface area contributed by atoms with E-state index in [4.69, 9.17) is 0 Å². The Morgan fingerprint density at radius 3 is 2.65 bits per heavy atom. The molecule has 0 aliphatic carbocycles. The summed E-state index contributed by atoms with van der Waals surface area (Å²) in [6, 6.07) is 1.94. The molecule has 0 bridgehead atoms. The number of aryl methyl sites for hydroxylation is 1. The van der Waals surface area contributed by atoms with Crippen molar-refractivity contribution in [3.05, 3.63) is 41.8 Å². The smallest absolute Gasteiger partial charge is 0.151 e. The molecule has 1 radical (unpaired) electrons. The van der Waals surface area contributed by atoms with E-state index in [-0.39, 0.29) is 17.6 Å². The van der Waals surface area contributed by atoms with Crippen LogP contribution in [0.1, 0.15) is 5.56 Å². The Morgan fingerprint density at radius 2 is 2.00 bits per heavy atom. The maximum absolute atomic E-state index is 13.5. The summed E-state index contributed by atoms with van der Waals surface area (Å²) in [6.45, 7) is 0. The Balaban J connectivity index is 2.43. The van der Waals surface area contributed by atoms with Gasteiger partial charge in [-0.25, -0.2) is 17.2 Å². The van der Waals surface area contributed by atoms with Gasteiger partial charge in [0.15, 0.2) is 9.84 Å². The van der Waals surface area contributed by atoms with Gasteiger partial charge in [0.05, 0.1) is 17.5 Å². The lowest BCUT2D eigenvalue weighted by molar-refractivity contribution is 0.591. The number of sulfone groups is 1. The lowest BCUT2D eigenvalue weighted by Gasteiger charge is -1.99. The summed E-state index contributed by atoms with van der Waals surface area (Å²) in [5.74, 6) is -1.54. The van der Waals surface area contributed by atoms with Gasteiger partial charge < -0.3 is 4.98 Å². The molecular formula is C11H10F2NO2S. The Morgan fingerprint density at radius 1 is 1.29 bits per heavy atom. The molecule has 0 aliphatic heterocycles. The molecule has 17 heavy (non-hydrogen) atoms. The summed E-state index contributed by atoms with van der Waals surface area (Å²) in [4.78, 5) is 2.71. The molecular weight excluding hydrogens is 248 g/mol. The van der Waals surface area contributed by atoms with Gasteiger partial charge in [-0.15, -0.1) is 0 Å². The second-order valence-corrected chi connectivity index (χ2v) is 5.72. The van der Waals surface area contributed by atoms with Gasteiger partial charge in [0.2, 0.25) is 0 Å². The summed E-state index contributed by atoms with van der Waals surface area (Å²) < 4.78 is 48.3. The molecule has 1 heterocycles. The quantitative estimate of drug-likeness (QED) is 0.917. The first-order chi connectivity index (χ1) is 7.87. The fraction of sp³-hybridized carbons (Fsp3) is 0.182. The molecule has 0 spiro atoms. The zero-order valence-electron chi connectivity index (χ0n) is 8.83. The van der Waals surface area contributed by atoms with Crippen molar-refractivity contribution in [3.8, 4) is 0 Å². The van der Waals surface area contributed by atoms with Crippen LogP contribution in [0, 0.1) is 17.9 Å². The van der Waals surface area contributed by atoms with Crippen molar-refractivity contribution >= 4 is 20.7 Å². The molecule has 1 N–H and O–H groups in total. The van der Waals surface area contributed by atoms with Crippen LogP contribution in [-0.4, -0.2) is 19.2 Å². The fourth-order valence-electron chi connectivity index (χ4n) is 1.71. The molecule has 0 fully saturated rings. The van der Waals surface area contributed by atoms with Gasteiger partial charge >= 0.3 is 0 Å². The molecule has 0 aliphatic rings. The van der Waals surface area contributed by atoms with E-state index < -0.39 is 21.5 Å². The van der Waals surface area contributed by atoms with E-state index in [0.717, 1.165) is 6.07 Å². The highest BCUT2D eigenvalue weighted by Gasteiger charge is 2.12. The molecule has 1 aromatic heterocycles. The van der Waals surface area contributed by atoms with Crippen LogP contribution in [0.4, 0.5) is 8.78 Å². The van der Waals surface area contributed by atoms with Crippen molar-refractivity contribution in [1.82, 2.24) is 4.98 Å². The fourth-order valence-corrected chi connectivity index (χ4v) is 2.24. The standard InChI is InChI=1S/C11H10F2NO2S/c1-17(15,16)3-2-7-6-14-10-5-8(12)4-9(13)11(7)10/h4-6,14H,1-3H2. The minimum atomic E-state index is -3.35. The predicted molar refractivity (Wildman–Crippen MR) is 61.1 cm³/mol. The van der Waals surface area contributed by atoms with Crippen LogP contribution in [0.3, 0.4) is 0 Å². The number of nitrogens with one attached hydrogen (secondary N) is 1. The normalized spacial score (nSPS) is 12.2. The lowest BCUT2D eigenvalue weighted by Crippen LogP contribution is -2.03. The van der Waals surface area contributed by atoms with Gasteiger partial charge in [-0.3, -0.25) is 0 Å². The lowest BCUT2D eigenvalue weighted by atomic mass is 10.1. The van der Waals surface area contributed by atoms with Crippen molar-refractivity contribution in [3.63, 3.8) is 0 Å². The van der Waals surface area contributed by atoms with E-state index in [0.29, 0.717) is 11.1 Å². The largest absolute Gasteiger partial charge is 0.361 e. The van der Waals surface area contributed by atoms with E-state index in [1.807, 2.05) is 0 Å². The summed E-state index contributed by atoms with van der Waals surface area (Å²) in [5.41, 5.74) is 0.823. The van der Waals surface area contributed by atoms with Gasteiger partial charge in [0, 0.05) is 17.6 Å². The Kier molecular flexibility index (Phi) is 2.91. The number of halogens is 2. The molecule has 2 aromatic rings. The van der Waals surface area contributed by atoms with Crippen molar-refractivity contribution < 1.29 is 17.2 Å². The molecule has 1 aromatic carbocycles. The zero-order valence-corrected chi connectivity index (χ0v) is 9.65. The SMILES string of the molecule is [CH2]S(=O)(=O)CCc1c[nH]c2cc(F)cc(F)c12. The van der Waals surface area contributed by atoms with Crippen LogP contribution < -0.4 is 0 Å². The third kappa shape index (κ3) is 2.63. The molecule has 6 heteroatoms. The number of rotatable bonds is 3. The Hall–Kier alpha value is -1.43. The number of aromatic nitrogens is 1. The average Bonchev–Trinajstić information content (AvgIpc) is 2.56. The second-order valence-electron chi connectivity index (χ2n) is 3.82. The zero-order chi connectivity index (χ0) is 12.6.